The standard InChI is InChI=1S/C14H15ClN2O/c1-9(2)17(3)14(18)11-8-13(15)16-12-7-5-4-6-10(11)12/h4-9H,1-3H3. The molecule has 0 aliphatic rings. The van der Waals surface area contributed by atoms with Crippen molar-refractivity contribution in [2.75, 3.05) is 7.05 Å². The van der Waals surface area contributed by atoms with Gasteiger partial charge in [0.2, 0.25) is 0 Å². The topological polar surface area (TPSA) is 33.2 Å². The van der Waals surface area contributed by atoms with E-state index in [1.165, 1.54) is 0 Å². The highest BCUT2D eigenvalue weighted by molar-refractivity contribution is 6.30. The Kier molecular flexibility index (Phi) is 3.53. The Bertz CT molecular complexity index is 595. The molecule has 0 saturated carbocycles. The van der Waals surface area contributed by atoms with Gasteiger partial charge in [0.1, 0.15) is 5.15 Å². The van der Waals surface area contributed by atoms with Gasteiger partial charge in [-0.15, -0.1) is 0 Å². The minimum atomic E-state index is -0.0366. The SMILES string of the molecule is CC(C)N(C)C(=O)c1cc(Cl)nc2ccccc12. The summed E-state index contributed by atoms with van der Waals surface area (Å²) in [5.41, 5.74) is 1.34. The number of rotatable bonds is 2. The van der Waals surface area contributed by atoms with E-state index in [4.69, 9.17) is 11.6 Å². The molecule has 0 unspecified atom stereocenters. The number of para-hydroxylation sites is 1. The normalized spacial score (nSPS) is 10.9. The molecule has 1 aromatic carbocycles. The van der Waals surface area contributed by atoms with Gasteiger partial charge in [-0.3, -0.25) is 4.79 Å². The lowest BCUT2D eigenvalue weighted by Crippen LogP contribution is -2.33. The lowest BCUT2D eigenvalue weighted by molar-refractivity contribution is 0.0757. The van der Waals surface area contributed by atoms with Gasteiger partial charge in [0.15, 0.2) is 0 Å². The summed E-state index contributed by atoms with van der Waals surface area (Å²) < 4.78 is 0. The molecule has 0 aliphatic heterocycles. The smallest absolute Gasteiger partial charge is 0.254 e. The molecule has 0 N–H and O–H groups in total. The first-order valence-corrected chi connectivity index (χ1v) is 6.21. The molecule has 3 nitrogen and oxygen atoms in total. The third-order valence-corrected chi connectivity index (χ3v) is 3.20. The fourth-order valence-corrected chi connectivity index (χ4v) is 1.94. The fraction of sp³-hybridized carbons (Fsp3) is 0.286. The van der Waals surface area contributed by atoms with Gasteiger partial charge in [0, 0.05) is 18.5 Å². The summed E-state index contributed by atoms with van der Waals surface area (Å²) >= 11 is 5.97. The number of carbonyl (C=O) groups is 1. The van der Waals surface area contributed by atoms with Gasteiger partial charge >= 0.3 is 0 Å². The second-order valence-electron chi connectivity index (χ2n) is 4.52. The molecule has 0 atom stereocenters. The molecule has 18 heavy (non-hydrogen) atoms. The summed E-state index contributed by atoms with van der Waals surface area (Å²) in [6.07, 6.45) is 0. The van der Waals surface area contributed by atoms with Crippen LogP contribution in [0.2, 0.25) is 5.15 Å². The van der Waals surface area contributed by atoms with E-state index in [9.17, 15) is 4.79 Å². The molecular formula is C14H15ClN2O. The predicted octanol–water partition coefficient (Wildman–Crippen LogP) is 3.37. The van der Waals surface area contributed by atoms with Crippen LogP contribution in [-0.4, -0.2) is 28.9 Å². The number of amides is 1. The van der Waals surface area contributed by atoms with Crippen LogP contribution in [0.1, 0.15) is 24.2 Å². The van der Waals surface area contributed by atoms with E-state index in [2.05, 4.69) is 4.98 Å². The summed E-state index contributed by atoms with van der Waals surface area (Å²) in [5.74, 6) is -0.0366. The number of benzene rings is 1. The third-order valence-electron chi connectivity index (χ3n) is 3.01. The van der Waals surface area contributed by atoms with E-state index >= 15 is 0 Å². The molecule has 0 fully saturated rings. The average molecular weight is 263 g/mol. The van der Waals surface area contributed by atoms with Crippen LogP contribution in [0.25, 0.3) is 10.9 Å². The molecule has 0 radical (unpaired) electrons. The Hall–Kier alpha value is -1.61. The first-order valence-electron chi connectivity index (χ1n) is 5.83. The summed E-state index contributed by atoms with van der Waals surface area (Å²) in [7, 11) is 1.79. The quantitative estimate of drug-likeness (QED) is 0.778. The van der Waals surface area contributed by atoms with Crippen molar-refractivity contribution in [1.29, 1.82) is 0 Å². The number of carbonyl (C=O) groups excluding carboxylic acids is 1. The van der Waals surface area contributed by atoms with Crippen molar-refractivity contribution in [3.05, 3.63) is 41.0 Å². The second kappa shape index (κ2) is 4.94. The highest BCUT2D eigenvalue weighted by atomic mass is 35.5. The van der Waals surface area contributed by atoms with Crippen LogP contribution in [0.15, 0.2) is 30.3 Å². The van der Waals surface area contributed by atoms with Crippen LogP contribution in [0.4, 0.5) is 0 Å². The van der Waals surface area contributed by atoms with Gasteiger partial charge in [-0.2, -0.15) is 0 Å². The van der Waals surface area contributed by atoms with E-state index in [1.54, 1.807) is 18.0 Å². The maximum Gasteiger partial charge on any atom is 0.254 e. The Morgan fingerprint density at radius 1 is 1.33 bits per heavy atom. The Balaban J connectivity index is 2.60. The zero-order chi connectivity index (χ0) is 13.3. The monoisotopic (exact) mass is 262 g/mol. The Labute approximate surface area is 111 Å². The zero-order valence-electron chi connectivity index (χ0n) is 10.6. The van der Waals surface area contributed by atoms with Gasteiger partial charge in [-0.1, -0.05) is 29.8 Å². The van der Waals surface area contributed by atoms with E-state index in [0.717, 1.165) is 10.9 Å². The van der Waals surface area contributed by atoms with Crippen LogP contribution >= 0.6 is 11.6 Å². The van der Waals surface area contributed by atoms with Crippen molar-refractivity contribution in [3.63, 3.8) is 0 Å². The molecular weight excluding hydrogens is 248 g/mol. The molecule has 4 heteroatoms. The summed E-state index contributed by atoms with van der Waals surface area (Å²) in [6, 6.07) is 9.29. The van der Waals surface area contributed by atoms with Crippen LogP contribution < -0.4 is 0 Å². The molecule has 0 bridgehead atoms. The van der Waals surface area contributed by atoms with Gasteiger partial charge in [-0.25, -0.2) is 4.98 Å². The molecule has 0 aliphatic carbocycles. The van der Waals surface area contributed by atoms with E-state index in [1.807, 2.05) is 38.1 Å². The number of nitrogens with zero attached hydrogens (tertiary/aromatic N) is 2. The molecule has 2 rings (SSSR count). The second-order valence-corrected chi connectivity index (χ2v) is 4.91. The van der Waals surface area contributed by atoms with Crippen molar-refractivity contribution >= 4 is 28.4 Å². The molecule has 1 heterocycles. The fourth-order valence-electron chi connectivity index (χ4n) is 1.74. The average Bonchev–Trinajstić information content (AvgIpc) is 2.35. The lowest BCUT2D eigenvalue weighted by atomic mass is 10.1. The number of aromatic nitrogens is 1. The molecule has 2 aromatic rings. The first kappa shape index (κ1) is 12.8. The molecule has 0 spiro atoms. The van der Waals surface area contributed by atoms with Crippen LogP contribution in [0, 0.1) is 0 Å². The van der Waals surface area contributed by atoms with E-state index in [-0.39, 0.29) is 11.9 Å². The maximum absolute atomic E-state index is 12.4. The molecule has 1 aromatic heterocycles. The van der Waals surface area contributed by atoms with Crippen molar-refractivity contribution in [2.24, 2.45) is 0 Å². The minimum Gasteiger partial charge on any atom is -0.339 e. The Morgan fingerprint density at radius 2 is 2.00 bits per heavy atom. The largest absolute Gasteiger partial charge is 0.339 e. The minimum absolute atomic E-state index is 0.0366. The van der Waals surface area contributed by atoms with Gasteiger partial charge in [-0.05, 0) is 26.0 Å². The van der Waals surface area contributed by atoms with Gasteiger partial charge < -0.3 is 4.90 Å². The number of fused-ring (bicyclic) bond motifs is 1. The van der Waals surface area contributed by atoms with Crippen LogP contribution in [0.3, 0.4) is 0 Å². The number of hydrogen-bond acceptors (Lipinski definition) is 2. The van der Waals surface area contributed by atoms with Crippen molar-refractivity contribution < 1.29 is 4.79 Å². The van der Waals surface area contributed by atoms with E-state index < -0.39 is 0 Å². The predicted molar refractivity (Wildman–Crippen MR) is 74.0 cm³/mol. The summed E-state index contributed by atoms with van der Waals surface area (Å²) in [5, 5.41) is 1.17. The zero-order valence-corrected chi connectivity index (χ0v) is 11.4. The molecule has 94 valence electrons. The highest BCUT2D eigenvalue weighted by Crippen LogP contribution is 2.22. The van der Waals surface area contributed by atoms with E-state index in [0.29, 0.717) is 10.7 Å². The van der Waals surface area contributed by atoms with Crippen LogP contribution in [-0.2, 0) is 0 Å². The summed E-state index contributed by atoms with van der Waals surface area (Å²) in [4.78, 5) is 18.3. The number of hydrogen-bond donors (Lipinski definition) is 0. The number of pyridine rings is 1. The third kappa shape index (κ3) is 2.31. The van der Waals surface area contributed by atoms with Crippen molar-refractivity contribution in [3.8, 4) is 0 Å². The highest BCUT2D eigenvalue weighted by Gasteiger charge is 2.18. The maximum atomic E-state index is 12.4. The Morgan fingerprint density at radius 3 is 2.67 bits per heavy atom. The van der Waals surface area contributed by atoms with Gasteiger partial charge in [0.05, 0.1) is 11.1 Å². The number of halogens is 1. The summed E-state index contributed by atoms with van der Waals surface area (Å²) in [6.45, 7) is 3.95. The molecule has 1 amide bonds. The molecule has 0 saturated heterocycles. The lowest BCUT2D eigenvalue weighted by Gasteiger charge is -2.22. The van der Waals surface area contributed by atoms with Gasteiger partial charge in [0.25, 0.3) is 5.91 Å². The first-order chi connectivity index (χ1) is 8.50. The van der Waals surface area contributed by atoms with Crippen molar-refractivity contribution in [1.82, 2.24) is 9.88 Å². The van der Waals surface area contributed by atoms with Crippen molar-refractivity contribution in [2.45, 2.75) is 19.9 Å². The van der Waals surface area contributed by atoms with Crippen LogP contribution in [0.5, 0.6) is 0 Å².